The average Bonchev–Trinajstić information content (AvgIpc) is 2.63. The summed E-state index contributed by atoms with van der Waals surface area (Å²) in [7, 11) is 0. The number of carbonyl (C=O) groups is 3. The van der Waals surface area contributed by atoms with Crippen molar-refractivity contribution in [1.82, 2.24) is 0 Å². The van der Waals surface area contributed by atoms with E-state index in [2.05, 4.69) is 0 Å². The lowest BCUT2D eigenvalue weighted by atomic mass is 9.83. The highest BCUT2D eigenvalue weighted by Crippen LogP contribution is 2.41. The lowest BCUT2D eigenvalue weighted by Crippen LogP contribution is -2.35. The Balaban J connectivity index is 1.77. The molecule has 0 saturated heterocycles. The van der Waals surface area contributed by atoms with Crippen LogP contribution < -0.4 is 9.47 Å². The summed E-state index contributed by atoms with van der Waals surface area (Å²) in [6.45, 7) is 1.51. The summed E-state index contributed by atoms with van der Waals surface area (Å²) >= 11 is 0. The summed E-state index contributed by atoms with van der Waals surface area (Å²) < 4.78 is 16.4. The Kier molecular flexibility index (Phi) is 3.53. The van der Waals surface area contributed by atoms with Gasteiger partial charge >= 0.3 is 5.97 Å². The number of benzene rings is 2. The van der Waals surface area contributed by atoms with Crippen LogP contribution in [-0.2, 0) is 9.53 Å². The highest BCUT2D eigenvalue weighted by molar-refractivity contribution is 6.29. The Hall–Kier alpha value is -3.15. The van der Waals surface area contributed by atoms with Gasteiger partial charge in [-0.1, -0.05) is 24.3 Å². The normalized spacial score (nSPS) is 17.6. The van der Waals surface area contributed by atoms with Gasteiger partial charge in [-0.15, -0.1) is 0 Å². The predicted octanol–water partition coefficient (Wildman–Crippen LogP) is 2.16. The first-order valence-electron chi connectivity index (χ1n) is 7.84. The van der Waals surface area contributed by atoms with E-state index in [1.807, 2.05) is 0 Å². The molecule has 126 valence electrons. The molecule has 0 radical (unpaired) electrons. The smallest absolute Gasteiger partial charge is 0.302 e. The summed E-state index contributed by atoms with van der Waals surface area (Å²) in [5.41, 5.74) is 1.22. The minimum absolute atomic E-state index is 0.0111. The average molecular weight is 338 g/mol. The third-order valence-corrected chi connectivity index (χ3v) is 4.19. The first-order valence-corrected chi connectivity index (χ1v) is 7.84. The van der Waals surface area contributed by atoms with Crippen molar-refractivity contribution >= 4 is 17.5 Å². The number of rotatable bonds is 2. The third-order valence-electron chi connectivity index (χ3n) is 4.19. The van der Waals surface area contributed by atoms with E-state index < -0.39 is 12.1 Å². The minimum atomic E-state index is -0.539. The number of carbonyl (C=O) groups excluding carboxylic acids is 3. The van der Waals surface area contributed by atoms with Crippen LogP contribution in [0.4, 0.5) is 0 Å². The van der Waals surface area contributed by atoms with Crippen molar-refractivity contribution in [3.63, 3.8) is 0 Å². The Labute approximate surface area is 143 Å². The van der Waals surface area contributed by atoms with Gasteiger partial charge in [-0.25, -0.2) is 0 Å². The van der Waals surface area contributed by atoms with Crippen molar-refractivity contribution in [3.8, 4) is 11.5 Å². The number of hydrogen-bond donors (Lipinski definition) is 0. The van der Waals surface area contributed by atoms with Gasteiger partial charge in [0.2, 0.25) is 0 Å². The minimum Gasteiger partial charge on any atom is -0.486 e. The second kappa shape index (κ2) is 5.73. The SMILES string of the molecule is CC(=O)OC[C@@H]1COc2ccc3c(c2O1)C(=O)c1ccccc1C3=O. The van der Waals surface area contributed by atoms with E-state index in [-0.39, 0.29) is 36.1 Å². The molecule has 2 aromatic carbocycles. The molecule has 2 aliphatic rings. The van der Waals surface area contributed by atoms with E-state index in [1.165, 1.54) is 6.92 Å². The molecular formula is C19H14O6. The van der Waals surface area contributed by atoms with Gasteiger partial charge in [0.15, 0.2) is 29.2 Å². The van der Waals surface area contributed by atoms with Crippen LogP contribution in [0.15, 0.2) is 36.4 Å². The third kappa shape index (κ3) is 2.46. The first kappa shape index (κ1) is 15.4. The van der Waals surface area contributed by atoms with Gasteiger partial charge in [-0.2, -0.15) is 0 Å². The second-order valence-corrected chi connectivity index (χ2v) is 5.87. The van der Waals surface area contributed by atoms with Gasteiger partial charge in [0, 0.05) is 23.6 Å². The Morgan fingerprint density at radius 3 is 2.52 bits per heavy atom. The number of hydrogen-bond acceptors (Lipinski definition) is 6. The molecule has 0 N–H and O–H groups in total. The Bertz CT molecular complexity index is 914. The molecule has 1 aliphatic carbocycles. The van der Waals surface area contributed by atoms with Gasteiger partial charge in [-0.3, -0.25) is 14.4 Å². The van der Waals surface area contributed by atoms with E-state index in [9.17, 15) is 14.4 Å². The maximum atomic E-state index is 12.9. The molecule has 25 heavy (non-hydrogen) atoms. The van der Waals surface area contributed by atoms with Crippen LogP contribution >= 0.6 is 0 Å². The van der Waals surface area contributed by atoms with Crippen LogP contribution in [0, 0.1) is 0 Å². The lowest BCUT2D eigenvalue weighted by Gasteiger charge is -2.29. The van der Waals surface area contributed by atoms with Crippen molar-refractivity contribution in [1.29, 1.82) is 0 Å². The summed E-state index contributed by atoms with van der Waals surface area (Å²) in [5.74, 6) is -0.297. The highest BCUT2D eigenvalue weighted by Gasteiger charge is 2.36. The maximum Gasteiger partial charge on any atom is 0.302 e. The lowest BCUT2D eigenvalue weighted by molar-refractivity contribution is -0.144. The van der Waals surface area contributed by atoms with Crippen molar-refractivity contribution < 1.29 is 28.6 Å². The van der Waals surface area contributed by atoms with E-state index in [1.54, 1.807) is 36.4 Å². The Morgan fingerprint density at radius 1 is 1.08 bits per heavy atom. The van der Waals surface area contributed by atoms with Crippen LogP contribution in [0.25, 0.3) is 0 Å². The number of fused-ring (bicyclic) bond motifs is 4. The van der Waals surface area contributed by atoms with Crippen LogP contribution in [0.3, 0.4) is 0 Å². The molecule has 0 unspecified atom stereocenters. The van der Waals surface area contributed by atoms with E-state index >= 15 is 0 Å². The zero-order valence-corrected chi connectivity index (χ0v) is 13.4. The number of ether oxygens (including phenoxy) is 3. The fourth-order valence-electron chi connectivity index (χ4n) is 3.04. The summed E-state index contributed by atoms with van der Waals surface area (Å²) in [5, 5.41) is 0. The van der Waals surface area contributed by atoms with E-state index in [4.69, 9.17) is 14.2 Å². The van der Waals surface area contributed by atoms with Crippen molar-refractivity contribution in [2.75, 3.05) is 13.2 Å². The van der Waals surface area contributed by atoms with Gasteiger partial charge in [0.25, 0.3) is 0 Å². The summed E-state index contributed by atoms with van der Waals surface area (Å²) in [6.07, 6.45) is -0.539. The predicted molar refractivity (Wildman–Crippen MR) is 86.3 cm³/mol. The standard InChI is InChI=1S/C19H14O6/c1-10(20)23-8-11-9-24-15-7-6-14-16(19(15)25-11)18(22)13-5-3-2-4-12(13)17(14)21/h2-7,11H,8-9H2,1H3/t11-/m1/s1. The Morgan fingerprint density at radius 2 is 1.80 bits per heavy atom. The number of ketones is 2. The molecule has 0 spiro atoms. The number of esters is 1. The molecular weight excluding hydrogens is 324 g/mol. The van der Waals surface area contributed by atoms with Crippen LogP contribution in [0.5, 0.6) is 11.5 Å². The molecule has 1 heterocycles. The molecule has 1 aliphatic heterocycles. The van der Waals surface area contributed by atoms with Crippen LogP contribution in [0.2, 0.25) is 0 Å². The van der Waals surface area contributed by atoms with Gasteiger partial charge in [0.05, 0.1) is 5.56 Å². The molecule has 6 nitrogen and oxygen atoms in total. The van der Waals surface area contributed by atoms with Crippen molar-refractivity contribution in [2.24, 2.45) is 0 Å². The molecule has 0 fully saturated rings. The fraction of sp³-hybridized carbons (Fsp3) is 0.211. The van der Waals surface area contributed by atoms with Crippen molar-refractivity contribution in [2.45, 2.75) is 13.0 Å². The van der Waals surface area contributed by atoms with Crippen LogP contribution in [0.1, 0.15) is 38.8 Å². The largest absolute Gasteiger partial charge is 0.486 e. The molecule has 2 aromatic rings. The first-order chi connectivity index (χ1) is 12.1. The molecule has 0 amide bonds. The molecule has 0 saturated carbocycles. The molecule has 1 atom stereocenters. The van der Waals surface area contributed by atoms with Gasteiger partial charge < -0.3 is 14.2 Å². The second-order valence-electron chi connectivity index (χ2n) is 5.87. The zero-order chi connectivity index (χ0) is 17.6. The van der Waals surface area contributed by atoms with E-state index in [0.717, 1.165) is 0 Å². The topological polar surface area (TPSA) is 78.9 Å². The zero-order valence-electron chi connectivity index (χ0n) is 13.4. The maximum absolute atomic E-state index is 12.9. The fourth-order valence-corrected chi connectivity index (χ4v) is 3.04. The molecule has 4 rings (SSSR count). The summed E-state index contributed by atoms with van der Waals surface area (Å²) in [4.78, 5) is 36.6. The van der Waals surface area contributed by atoms with Crippen LogP contribution in [-0.4, -0.2) is 36.9 Å². The molecule has 0 bridgehead atoms. The van der Waals surface area contributed by atoms with Crippen molar-refractivity contribution in [3.05, 3.63) is 58.7 Å². The summed E-state index contributed by atoms with van der Waals surface area (Å²) in [6, 6.07) is 9.90. The quantitative estimate of drug-likeness (QED) is 0.666. The molecule has 6 heteroatoms. The highest BCUT2D eigenvalue weighted by atomic mass is 16.6. The van der Waals surface area contributed by atoms with Gasteiger partial charge in [0.1, 0.15) is 13.2 Å². The van der Waals surface area contributed by atoms with Gasteiger partial charge in [-0.05, 0) is 12.1 Å². The molecule has 0 aromatic heterocycles. The van der Waals surface area contributed by atoms with E-state index in [0.29, 0.717) is 22.4 Å². The monoisotopic (exact) mass is 338 g/mol.